The standard InChI is InChI=1S/C14H21NO4S/c1-3-20(17,18)9-5-8-19-14(16)11(2)12-6-4-7-13(15)10-12/h4,6-7,10-11H,3,5,8-9,15H2,1-2H3. The molecule has 112 valence electrons. The van der Waals surface area contributed by atoms with Crippen LogP contribution in [0, 0.1) is 0 Å². The van der Waals surface area contributed by atoms with Crippen LogP contribution in [0.2, 0.25) is 0 Å². The molecule has 6 heteroatoms. The lowest BCUT2D eigenvalue weighted by molar-refractivity contribution is -0.145. The molecule has 1 unspecified atom stereocenters. The first-order valence-electron chi connectivity index (χ1n) is 6.58. The molecule has 0 saturated carbocycles. The highest BCUT2D eigenvalue weighted by molar-refractivity contribution is 7.91. The second-order valence-electron chi connectivity index (χ2n) is 4.65. The molecule has 0 aromatic heterocycles. The summed E-state index contributed by atoms with van der Waals surface area (Å²) in [6, 6.07) is 7.07. The SMILES string of the molecule is CCS(=O)(=O)CCCOC(=O)C(C)c1cccc(N)c1. The van der Waals surface area contributed by atoms with E-state index in [0.717, 1.165) is 5.56 Å². The Balaban J connectivity index is 2.43. The summed E-state index contributed by atoms with van der Waals surface area (Å²) in [5.41, 5.74) is 7.04. The molecule has 2 N–H and O–H groups in total. The maximum absolute atomic E-state index is 11.8. The Kier molecular flexibility index (Phi) is 6.01. The van der Waals surface area contributed by atoms with E-state index < -0.39 is 15.8 Å². The third-order valence-corrected chi connectivity index (χ3v) is 4.84. The van der Waals surface area contributed by atoms with E-state index in [2.05, 4.69) is 0 Å². The monoisotopic (exact) mass is 299 g/mol. The summed E-state index contributed by atoms with van der Waals surface area (Å²) in [6.07, 6.45) is 0.325. The van der Waals surface area contributed by atoms with Crippen molar-refractivity contribution in [2.75, 3.05) is 23.8 Å². The lowest BCUT2D eigenvalue weighted by atomic mass is 10.0. The summed E-state index contributed by atoms with van der Waals surface area (Å²) in [5, 5.41) is 0. The number of hydrogen-bond donors (Lipinski definition) is 1. The van der Waals surface area contributed by atoms with Crippen molar-refractivity contribution in [2.45, 2.75) is 26.2 Å². The van der Waals surface area contributed by atoms with Crippen molar-refractivity contribution in [3.05, 3.63) is 29.8 Å². The molecule has 0 amide bonds. The molecule has 0 heterocycles. The molecule has 0 bridgehead atoms. The van der Waals surface area contributed by atoms with Crippen LogP contribution in [0.25, 0.3) is 0 Å². The van der Waals surface area contributed by atoms with E-state index in [1.165, 1.54) is 0 Å². The number of ether oxygens (including phenoxy) is 1. The van der Waals surface area contributed by atoms with E-state index in [1.807, 2.05) is 6.07 Å². The molecule has 0 aliphatic carbocycles. The smallest absolute Gasteiger partial charge is 0.313 e. The first kappa shape index (κ1) is 16.5. The Labute approximate surface area is 120 Å². The van der Waals surface area contributed by atoms with E-state index in [-0.39, 0.29) is 24.1 Å². The predicted molar refractivity (Wildman–Crippen MR) is 79.2 cm³/mol. The van der Waals surface area contributed by atoms with Crippen LogP contribution in [-0.4, -0.2) is 32.5 Å². The molecule has 1 atom stereocenters. The summed E-state index contributed by atoms with van der Waals surface area (Å²) < 4.78 is 27.7. The van der Waals surface area contributed by atoms with E-state index in [4.69, 9.17) is 10.5 Å². The van der Waals surface area contributed by atoms with Crippen LogP contribution in [0.4, 0.5) is 5.69 Å². The lowest BCUT2D eigenvalue weighted by Gasteiger charge is -2.12. The van der Waals surface area contributed by atoms with Gasteiger partial charge in [-0.2, -0.15) is 0 Å². The first-order chi connectivity index (χ1) is 9.35. The fraction of sp³-hybridized carbons (Fsp3) is 0.500. The van der Waals surface area contributed by atoms with Crippen LogP contribution >= 0.6 is 0 Å². The number of esters is 1. The molecule has 20 heavy (non-hydrogen) atoms. The van der Waals surface area contributed by atoms with E-state index in [9.17, 15) is 13.2 Å². The number of carbonyl (C=O) groups excluding carboxylic acids is 1. The van der Waals surface area contributed by atoms with E-state index in [1.54, 1.807) is 32.0 Å². The fourth-order valence-corrected chi connectivity index (χ4v) is 2.53. The van der Waals surface area contributed by atoms with Crippen LogP contribution in [0.15, 0.2) is 24.3 Å². The minimum Gasteiger partial charge on any atom is -0.465 e. The Morgan fingerprint density at radius 2 is 2.10 bits per heavy atom. The molecule has 0 fully saturated rings. The third kappa shape index (κ3) is 5.21. The zero-order valence-electron chi connectivity index (χ0n) is 11.8. The lowest BCUT2D eigenvalue weighted by Crippen LogP contribution is -2.16. The minimum atomic E-state index is -3.00. The average molecular weight is 299 g/mol. The Hall–Kier alpha value is -1.56. The van der Waals surface area contributed by atoms with Crippen LogP contribution < -0.4 is 5.73 Å². The summed E-state index contributed by atoms with van der Waals surface area (Å²) in [7, 11) is -3.00. The molecule has 0 radical (unpaired) electrons. The predicted octanol–water partition coefficient (Wildman–Crippen LogP) is 1.74. The summed E-state index contributed by atoms with van der Waals surface area (Å²) in [6.45, 7) is 3.45. The number of rotatable bonds is 7. The van der Waals surface area contributed by atoms with Gasteiger partial charge in [0, 0.05) is 11.4 Å². The summed E-state index contributed by atoms with van der Waals surface area (Å²) >= 11 is 0. The van der Waals surface area contributed by atoms with Crippen molar-refractivity contribution in [1.82, 2.24) is 0 Å². The summed E-state index contributed by atoms with van der Waals surface area (Å²) in [5.74, 6) is -0.629. The second-order valence-corrected chi connectivity index (χ2v) is 7.12. The zero-order valence-corrected chi connectivity index (χ0v) is 12.7. The highest BCUT2D eigenvalue weighted by Crippen LogP contribution is 2.19. The van der Waals surface area contributed by atoms with Gasteiger partial charge in [-0.05, 0) is 31.0 Å². The van der Waals surface area contributed by atoms with Crippen molar-refractivity contribution in [3.63, 3.8) is 0 Å². The normalized spacial score (nSPS) is 12.9. The maximum atomic E-state index is 11.8. The van der Waals surface area contributed by atoms with Crippen molar-refractivity contribution in [1.29, 1.82) is 0 Å². The number of hydrogen-bond acceptors (Lipinski definition) is 5. The molecule has 1 rings (SSSR count). The van der Waals surface area contributed by atoms with E-state index >= 15 is 0 Å². The molecule has 0 aliphatic heterocycles. The largest absolute Gasteiger partial charge is 0.465 e. The van der Waals surface area contributed by atoms with Gasteiger partial charge >= 0.3 is 5.97 Å². The van der Waals surface area contributed by atoms with Gasteiger partial charge in [-0.25, -0.2) is 8.42 Å². The van der Waals surface area contributed by atoms with Gasteiger partial charge in [0.25, 0.3) is 0 Å². The number of anilines is 1. The Bertz CT molecular complexity index is 554. The van der Waals surface area contributed by atoms with Crippen LogP contribution in [0.1, 0.15) is 31.7 Å². The molecular formula is C14H21NO4S. The van der Waals surface area contributed by atoms with Gasteiger partial charge < -0.3 is 10.5 Å². The Morgan fingerprint density at radius 3 is 2.70 bits per heavy atom. The van der Waals surface area contributed by atoms with Crippen LogP contribution in [-0.2, 0) is 19.4 Å². The Morgan fingerprint density at radius 1 is 1.40 bits per heavy atom. The maximum Gasteiger partial charge on any atom is 0.313 e. The molecule has 0 spiro atoms. The number of benzene rings is 1. The molecule has 0 saturated heterocycles. The minimum absolute atomic E-state index is 0.0451. The second kappa shape index (κ2) is 7.28. The van der Waals surface area contributed by atoms with Crippen molar-refractivity contribution >= 4 is 21.5 Å². The molecule has 1 aromatic carbocycles. The van der Waals surface area contributed by atoms with Gasteiger partial charge in [-0.15, -0.1) is 0 Å². The highest BCUT2D eigenvalue weighted by Gasteiger charge is 2.17. The van der Waals surface area contributed by atoms with Gasteiger partial charge in [-0.1, -0.05) is 19.1 Å². The summed E-state index contributed by atoms with van der Waals surface area (Å²) in [4.78, 5) is 11.8. The van der Waals surface area contributed by atoms with Crippen molar-refractivity contribution in [2.24, 2.45) is 0 Å². The highest BCUT2D eigenvalue weighted by atomic mass is 32.2. The van der Waals surface area contributed by atoms with Gasteiger partial charge in [0.1, 0.15) is 9.84 Å². The zero-order chi connectivity index (χ0) is 15.2. The topological polar surface area (TPSA) is 86.5 Å². The fourth-order valence-electron chi connectivity index (χ4n) is 1.69. The van der Waals surface area contributed by atoms with Crippen LogP contribution in [0.3, 0.4) is 0 Å². The van der Waals surface area contributed by atoms with Gasteiger partial charge in [-0.3, -0.25) is 4.79 Å². The van der Waals surface area contributed by atoms with Gasteiger partial charge in [0.05, 0.1) is 18.3 Å². The molecule has 0 aliphatic rings. The molecule has 5 nitrogen and oxygen atoms in total. The third-order valence-electron chi connectivity index (χ3n) is 3.05. The number of nitrogen functional groups attached to an aromatic ring is 1. The van der Waals surface area contributed by atoms with Crippen molar-refractivity contribution in [3.8, 4) is 0 Å². The molecular weight excluding hydrogens is 278 g/mol. The average Bonchev–Trinajstić information content (AvgIpc) is 2.42. The first-order valence-corrected chi connectivity index (χ1v) is 8.40. The van der Waals surface area contributed by atoms with Gasteiger partial charge in [0.2, 0.25) is 0 Å². The van der Waals surface area contributed by atoms with Gasteiger partial charge in [0.15, 0.2) is 0 Å². The quantitative estimate of drug-likeness (QED) is 0.471. The van der Waals surface area contributed by atoms with E-state index in [0.29, 0.717) is 12.1 Å². The number of sulfone groups is 1. The van der Waals surface area contributed by atoms with Crippen LogP contribution in [0.5, 0.6) is 0 Å². The number of carbonyl (C=O) groups is 1. The molecule has 1 aromatic rings. The number of nitrogens with two attached hydrogens (primary N) is 1. The van der Waals surface area contributed by atoms with Crippen molar-refractivity contribution < 1.29 is 17.9 Å².